The molecule has 0 aromatic heterocycles. The van der Waals surface area contributed by atoms with Crippen molar-refractivity contribution >= 4 is 6.08 Å². The fourth-order valence-electron chi connectivity index (χ4n) is 1.25. The predicted octanol–water partition coefficient (Wildman–Crippen LogP) is 3.02. The summed E-state index contributed by atoms with van der Waals surface area (Å²) >= 11 is 0. The minimum Gasteiger partial charge on any atom is -0.493 e. The Labute approximate surface area is 95.9 Å². The number of hydrogen-bond acceptors (Lipinski definition) is 3. The monoisotopic (exact) mass is 217 g/mol. The van der Waals surface area contributed by atoms with Crippen molar-refractivity contribution in [1.29, 1.82) is 5.26 Å². The molecule has 0 amide bonds. The summed E-state index contributed by atoms with van der Waals surface area (Å²) in [6.45, 7) is 2.72. The highest BCUT2D eigenvalue weighted by Gasteiger charge is 2.03. The third-order valence-electron chi connectivity index (χ3n) is 2.00. The fourth-order valence-corrected chi connectivity index (χ4v) is 1.25. The van der Waals surface area contributed by atoms with Crippen molar-refractivity contribution in [3.05, 3.63) is 29.8 Å². The first kappa shape index (κ1) is 12.1. The molecule has 0 atom stereocenters. The Morgan fingerprint density at radius 2 is 2.19 bits per heavy atom. The van der Waals surface area contributed by atoms with Gasteiger partial charge in [-0.3, -0.25) is 0 Å². The van der Waals surface area contributed by atoms with Gasteiger partial charge in [0.05, 0.1) is 19.8 Å². The van der Waals surface area contributed by atoms with Gasteiger partial charge in [0.1, 0.15) is 0 Å². The van der Waals surface area contributed by atoms with E-state index >= 15 is 0 Å². The van der Waals surface area contributed by atoms with Crippen LogP contribution in [0.25, 0.3) is 6.08 Å². The SMILES string of the molecule is CCCOc1ccc(/C=C/C#N)cc1OC. The first-order valence-corrected chi connectivity index (χ1v) is 5.18. The molecule has 0 aliphatic carbocycles. The van der Waals surface area contributed by atoms with Crippen molar-refractivity contribution < 1.29 is 9.47 Å². The maximum Gasteiger partial charge on any atom is 0.161 e. The number of methoxy groups -OCH3 is 1. The summed E-state index contributed by atoms with van der Waals surface area (Å²) in [6.07, 6.45) is 4.12. The van der Waals surface area contributed by atoms with E-state index in [0.29, 0.717) is 12.4 Å². The number of rotatable bonds is 5. The van der Waals surface area contributed by atoms with Crippen molar-refractivity contribution in [1.82, 2.24) is 0 Å². The Kier molecular flexibility index (Phi) is 4.94. The zero-order valence-corrected chi connectivity index (χ0v) is 9.56. The van der Waals surface area contributed by atoms with Crippen LogP contribution in [0.2, 0.25) is 0 Å². The molecule has 16 heavy (non-hydrogen) atoms. The molecule has 3 nitrogen and oxygen atoms in total. The summed E-state index contributed by atoms with van der Waals surface area (Å²) in [4.78, 5) is 0. The van der Waals surface area contributed by atoms with Crippen LogP contribution in [0.5, 0.6) is 11.5 Å². The zero-order valence-electron chi connectivity index (χ0n) is 9.56. The lowest BCUT2D eigenvalue weighted by molar-refractivity contribution is 0.294. The molecule has 84 valence electrons. The molecule has 0 unspecified atom stereocenters. The number of benzene rings is 1. The van der Waals surface area contributed by atoms with Gasteiger partial charge in [-0.15, -0.1) is 0 Å². The molecule has 0 saturated carbocycles. The smallest absolute Gasteiger partial charge is 0.161 e. The summed E-state index contributed by atoms with van der Waals surface area (Å²) in [5, 5.41) is 8.43. The van der Waals surface area contributed by atoms with E-state index in [1.54, 1.807) is 13.2 Å². The van der Waals surface area contributed by atoms with E-state index < -0.39 is 0 Å². The Balaban J connectivity index is 2.89. The van der Waals surface area contributed by atoms with Gasteiger partial charge in [0.25, 0.3) is 0 Å². The van der Waals surface area contributed by atoms with Crippen LogP contribution in [-0.2, 0) is 0 Å². The van der Waals surface area contributed by atoms with Crippen LogP contribution in [0.3, 0.4) is 0 Å². The maximum atomic E-state index is 8.43. The second kappa shape index (κ2) is 6.52. The third-order valence-corrected chi connectivity index (χ3v) is 2.00. The van der Waals surface area contributed by atoms with E-state index in [0.717, 1.165) is 17.7 Å². The maximum absolute atomic E-state index is 8.43. The van der Waals surface area contributed by atoms with Crippen LogP contribution in [0, 0.1) is 11.3 Å². The molecular formula is C13H15NO2. The van der Waals surface area contributed by atoms with E-state index in [1.165, 1.54) is 6.08 Å². The van der Waals surface area contributed by atoms with E-state index in [9.17, 15) is 0 Å². The number of nitriles is 1. The van der Waals surface area contributed by atoms with Gasteiger partial charge in [-0.1, -0.05) is 13.0 Å². The van der Waals surface area contributed by atoms with Crippen molar-refractivity contribution in [3.63, 3.8) is 0 Å². The van der Waals surface area contributed by atoms with Crippen molar-refractivity contribution in [3.8, 4) is 17.6 Å². The van der Waals surface area contributed by atoms with E-state index in [4.69, 9.17) is 14.7 Å². The second-order valence-electron chi connectivity index (χ2n) is 3.22. The molecule has 0 heterocycles. The van der Waals surface area contributed by atoms with Crippen LogP contribution in [0.1, 0.15) is 18.9 Å². The zero-order chi connectivity index (χ0) is 11.8. The Morgan fingerprint density at radius 3 is 2.81 bits per heavy atom. The predicted molar refractivity (Wildman–Crippen MR) is 63.4 cm³/mol. The summed E-state index contributed by atoms with van der Waals surface area (Å²) in [5.74, 6) is 1.42. The second-order valence-corrected chi connectivity index (χ2v) is 3.22. The van der Waals surface area contributed by atoms with Gasteiger partial charge in [-0.25, -0.2) is 0 Å². The number of ether oxygens (including phenoxy) is 2. The molecule has 0 spiro atoms. The van der Waals surface area contributed by atoms with Crippen LogP contribution >= 0.6 is 0 Å². The highest BCUT2D eigenvalue weighted by atomic mass is 16.5. The highest BCUT2D eigenvalue weighted by Crippen LogP contribution is 2.28. The Bertz CT molecular complexity index is 405. The average Bonchev–Trinajstić information content (AvgIpc) is 2.34. The average molecular weight is 217 g/mol. The van der Waals surface area contributed by atoms with Crippen LogP contribution < -0.4 is 9.47 Å². The van der Waals surface area contributed by atoms with Gasteiger partial charge >= 0.3 is 0 Å². The highest BCUT2D eigenvalue weighted by molar-refractivity contribution is 5.57. The van der Waals surface area contributed by atoms with Gasteiger partial charge in [0.15, 0.2) is 11.5 Å². The molecule has 0 aliphatic rings. The quantitative estimate of drug-likeness (QED) is 0.712. The molecule has 0 saturated heterocycles. The fraction of sp³-hybridized carbons (Fsp3) is 0.308. The molecular weight excluding hydrogens is 202 g/mol. The van der Waals surface area contributed by atoms with Gasteiger partial charge < -0.3 is 9.47 Å². The third kappa shape index (κ3) is 3.32. The van der Waals surface area contributed by atoms with Crippen molar-refractivity contribution in [2.45, 2.75) is 13.3 Å². The van der Waals surface area contributed by atoms with E-state index in [1.807, 2.05) is 24.3 Å². The molecule has 1 aromatic carbocycles. The van der Waals surface area contributed by atoms with Gasteiger partial charge in [-0.05, 0) is 30.2 Å². The first-order chi connectivity index (χ1) is 7.81. The number of hydrogen-bond donors (Lipinski definition) is 0. The summed E-state index contributed by atoms with van der Waals surface area (Å²) < 4.78 is 10.7. The van der Waals surface area contributed by atoms with Crippen molar-refractivity contribution in [2.24, 2.45) is 0 Å². The van der Waals surface area contributed by atoms with Gasteiger partial charge in [0.2, 0.25) is 0 Å². The minimum absolute atomic E-state index is 0.670. The molecule has 0 bridgehead atoms. The minimum atomic E-state index is 0.670. The van der Waals surface area contributed by atoms with Crippen molar-refractivity contribution in [2.75, 3.05) is 13.7 Å². The lowest BCUT2D eigenvalue weighted by atomic mass is 10.2. The largest absolute Gasteiger partial charge is 0.493 e. The Morgan fingerprint density at radius 1 is 1.38 bits per heavy atom. The summed E-state index contributed by atoms with van der Waals surface area (Å²) in [7, 11) is 1.60. The molecule has 0 N–H and O–H groups in total. The molecule has 1 aromatic rings. The normalized spacial score (nSPS) is 10.1. The van der Waals surface area contributed by atoms with Gasteiger partial charge in [-0.2, -0.15) is 5.26 Å². The molecule has 0 fully saturated rings. The molecule has 0 radical (unpaired) electrons. The molecule has 1 rings (SSSR count). The van der Waals surface area contributed by atoms with Crippen LogP contribution in [0.15, 0.2) is 24.3 Å². The Hall–Kier alpha value is -1.95. The van der Waals surface area contributed by atoms with Gasteiger partial charge in [0, 0.05) is 6.08 Å². The molecule has 3 heteroatoms. The standard InChI is InChI=1S/C13H15NO2/c1-3-9-16-12-7-6-11(5-4-8-14)10-13(12)15-2/h4-7,10H,3,9H2,1-2H3/b5-4+. The lowest BCUT2D eigenvalue weighted by Crippen LogP contribution is -1.97. The van der Waals surface area contributed by atoms with Crippen LogP contribution in [-0.4, -0.2) is 13.7 Å². The molecule has 0 aliphatic heterocycles. The van der Waals surface area contributed by atoms with Crippen LogP contribution in [0.4, 0.5) is 0 Å². The lowest BCUT2D eigenvalue weighted by Gasteiger charge is -2.10. The van der Waals surface area contributed by atoms with E-state index in [-0.39, 0.29) is 0 Å². The first-order valence-electron chi connectivity index (χ1n) is 5.18. The topological polar surface area (TPSA) is 42.2 Å². The number of allylic oxidation sites excluding steroid dienone is 1. The van der Waals surface area contributed by atoms with E-state index in [2.05, 4.69) is 6.92 Å². The summed E-state index contributed by atoms with van der Waals surface area (Å²) in [6, 6.07) is 7.54. The number of nitrogens with zero attached hydrogens (tertiary/aromatic N) is 1. The summed E-state index contributed by atoms with van der Waals surface area (Å²) in [5.41, 5.74) is 0.919.